The van der Waals surface area contributed by atoms with Gasteiger partial charge in [-0.1, -0.05) is 12.1 Å². The van der Waals surface area contributed by atoms with Gasteiger partial charge in [0.1, 0.15) is 5.60 Å². The number of benzene rings is 1. The van der Waals surface area contributed by atoms with Crippen molar-refractivity contribution in [1.29, 1.82) is 5.26 Å². The van der Waals surface area contributed by atoms with Crippen LogP contribution >= 0.6 is 0 Å². The third kappa shape index (κ3) is 4.71. The van der Waals surface area contributed by atoms with Crippen LogP contribution in [0, 0.1) is 11.3 Å². The molecule has 25 heavy (non-hydrogen) atoms. The molecule has 6 nitrogen and oxygen atoms in total. The third-order valence-corrected chi connectivity index (χ3v) is 4.30. The molecule has 2 atom stereocenters. The summed E-state index contributed by atoms with van der Waals surface area (Å²) in [5, 5.41) is 8.88. The van der Waals surface area contributed by atoms with E-state index in [1.54, 1.807) is 4.90 Å². The Morgan fingerprint density at radius 2 is 1.80 bits per heavy atom. The summed E-state index contributed by atoms with van der Waals surface area (Å²) < 4.78 is 11.5. The van der Waals surface area contributed by atoms with Gasteiger partial charge in [-0.2, -0.15) is 5.26 Å². The molecule has 0 radical (unpaired) electrons. The third-order valence-electron chi connectivity index (χ3n) is 4.30. The van der Waals surface area contributed by atoms with Crippen molar-refractivity contribution >= 4 is 6.09 Å². The van der Waals surface area contributed by atoms with Crippen LogP contribution in [0.15, 0.2) is 24.3 Å². The fourth-order valence-electron chi connectivity index (χ4n) is 3.32. The smallest absolute Gasteiger partial charge is 0.410 e. The average molecular weight is 343 g/mol. The van der Waals surface area contributed by atoms with Crippen molar-refractivity contribution in [2.75, 3.05) is 26.2 Å². The first-order valence-electron chi connectivity index (χ1n) is 8.67. The molecule has 2 saturated heterocycles. The monoisotopic (exact) mass is 343 g/mol. The van der Waals surface area contributed by atoms with Gasteiger partial charge in [0.2, 0.25) is 0 Å². The number of hydrogen-bond acceptors (Lipinski definition) is 5. The van der Waals surface area contributed by atoms with E-state index in [9.17, 15) is 4.79 Å². The standard InChI is InChI=1S/C19H25N3O3/c1-19(2,3)25-18(23)22-12-16-10-21(11-17(13-22)24-16)9-15-6-4-14(8-20)5-7-15/h4-7,16-17H,9-13H2,1-3H3. The number of carbonyl (C=O) groups excluding carboxylic acids is 1. The van der Waals surface area contributed by atoms with Crippen LogP contribution in [0.5, 0.6) is 0 Å². The molecule has 1 amide bonds. The summed E-state index contributed by atoms with van der Waals surface area (Å²) in [4.78, 5) is 16.4. The van der Waals surface area contributed by atoms with Crippen LogP contribution in [-0.2, 0) is 16.0 Å². The molecular weight excluding hydrogens is 318 g/mol. The van der Waals surface area contributed by atoms with Crippen molar-refractivity contribution < 1.29 is 14.3 Å². The number of nitrogens with zero attached hydrogens (tertiary/aromatic N) is 3. The largest absolute Gasteiger partial charge is 0.444 e. The predicted molar refractivity (Wildman–Crippen MR) is 92.9 cm³/mol. The quantitative estimate of drug-likeness (QED) is 0.825. The minimum absolute atomic E-state index is 0.0124. The van der Waals surface area contributed by atoms with Gasteiger partial charge in [0.05, 0.1) is 36.9 Å². The molecule has 2 aliphatic heterocycles. The van der Waals surface area contributed by atoms with Crippen molar-refractivity contribution in [2.45, 2.75) is 45.1 Å². The average Bonchev–Trinajstić information content (AvgIpc) is 2.53. The normalized spacial score (nSPS) is 23.8. The fourth-order valence-corrected chi connectivity index (χ4v) is 3.32. The van der Waals surface area contributed by atoms with Crippen LogP contribution in [0.3, 0.4) is 0 Å². The first-order valence-corrected chi connectivity index (χ1v) is 8.67. The Balaban J connectivity index is 1.57. The molecule has 1 aromatic rings. The van der Waals surface area contributed by atoms with Crippen molar-refractivity contribution in [3.8, 4) is 6.07 Å². The lowest BCUT2D eigenvalue weighted by molar-refractivity contribution is -0.137. The second kappa shape index (κ2) is 7.03. The topological polar surface area (TPSA) is 65.8 Å². The first kappa shape index (κ1) is 17.7. The summed E-state index contributed by atoms with van der Waals surface area (Å²) in [6, 6.07) is 9.83. The van der Waals surface area contributed by atoms with Crippen LogP contribution in [-0.4, -0.2) is 59.9 Å². The van der Waals surface area contributed by atoms with E-state index in [0.29, 0.717) is 18.7 Å². The second-order valence-electron chi connectivity index (χ2n) is 7.77. The van der Waals surface area contributed by atoms with Gasteiger partial charge in [0, 0.05) is 19.6 Å². The molecule has 2 fully saturated rings. The molecule has 2 unspecified atom stereocenters. The van der Waals surface area contributed by atoms with Crippen molar-refractivity contribution in [2.24, 2.45) is 0 Å². The maximum absolute atomic E-state index is 12.3. The summed E-state index contributed by atoms with van der Waals surface area (Å²) >= 11 is 0. The van der Waals surface area contributed by atoms with Crippen molar-refractivity contribution in [3.05, 3.63) is 35.4 Å². The molecule has 134 valence electrons. The summed E-state index contributed by atoms with van der Waals surface area (Å²) in [6.45, 7) is 9.17. The number of ether oxygens (including phenoxy) is 2. The summed E-state index contributed by atoms with van der Waals surface area (Å²) in [5.41, 5.74) is 1.38. The van der Waals surface area contributed by atoms with Gasteiger partial charge >= 0.3 is 6.09 Å². The molecule has 0 aliphatic carbocycles. The van der Waals surface area contributed by atoms with E-state index < -0.39 is 5.60 Å². The van der Waals surface area contributed by atoms with Gasteiger partial charge < -0.3 is 14.4 Å². The SMILES string of the molecule is CC(C)(C)OC(=O)N1CC2CN(Cc3ccc(C#N)cc3)CC(C1)O2. The molecule has 2 aliphatic rings. The zero-order chi connectivity index (χ0) is 18.0. The number of rotatable bonds is 2. The first-order chi connectivity index (χ1) is 11.8. The Labute approximate surface area is 148 Å². The highest BCUT2D eigenvalue weighted by Crippen LogP contribution is 2.22. The Hall–Kier alpha value is -2.10. The molecule has 6 heteroatoms. The maximum Gasteiger partial charge on any atom is 0.410 e. The number of nitriles is 1. The van der Waals surface area contributed by atoms with Crippen LogP contribution in [0.25, 0.3) is 0 Å². The van der Waals surface area contributed by atoms with Crippen molar-refractivity contribution in [3.63, 3.8) is 0 Å². The van der Waals surface area contributed by atoms with E-state index in [-0.39, 0.29) is 18.3 Å². The number of amides is 1. The van der Waals surface area contributed by atoms with Gasteiger partial charge in [-0.25, -0.2) is 4.79 Å². The molecule has 0 aromatic heterocycles. The van der Waals surface area contributed by atoms with E-state index in [4.69, 9.17) is 14.7 Å². The zero-order valence-corrected chi connectivity index (χ0v) is 15.1. The minimum Gasteiger partial charge on any atom is -0.444 e. The second-order valence-corrected chi connectivity index (χ2v) is 7.77. The summed E-state index contributed by atoms with van der Waals surface area (Å²) in [7, 11) is 0. The van der Waals surface area contributed by atoms with Gasteiger partial charge in [-0.3, -0.25) is 4.90 Å². The molecule has 2 heterocycles. The molecule has 0 N–H and O–H groups in total. The van der Waals surface area contributed by atoms with E-state index in [2.05, 4.69) is 11.0 Å². The zero-order valence-electron chi connectivity index (χ0n) is 15.1. The Morgan fingerprint density at radius 1 is 1.20 bits per heavy atom. The molecule has 0 saturated carbocycles. The molecular formula is C19H25N3O3. The minimum atomic E-state index is -0.480. The van der Waals surface area contributed by atoms with Gasteiger partial charge in [-0.15, -0.1) is 0 Å². The van der Waals surface area contributed by atoms with Crippen LogP contribution in [0.4, 0.5) is 4.79 Å². The van der Waals surface area contributed by atoms with E-state index >= 15 is 0 Å². The summed E-state index contributed by atoms with van der Waals surface area (Å²) in [5.74, 6) is 0. The highest BCUT2D eigenvalue weighted by molar-refractivity contribution is 5.68. The van der Waals surface area contributed by atoms with E-state index in [0.717, 1.165) is 19.6 Å². The van der Waals surface area contributed by atoms with Gasteiger partial charge in [-0.05, 0) is 38.5 Å². The molecule has 3 rings (SSSR count). The highest BCUT2D eigenvalue weighted by atomic mass is 16.6. The number of hydrogen-bond donors (Lipinski definition) is 0. The van der Waals surface area contributed by atoms with E-state index in [1.807, 2.05) is 45.0 Å². The van der Waals surface area contributed by atoms with Gasteiger partial charge in [0.15, 0.2) is 0 Å². The summed E-state index contributed by atoms with van der Waals surface area (Å²) in [6.07, 6.45) is -0.233. The van der Waals surface area contributed by atoms with Crippen molar-refractivity contribution in [1.82, 2.24) is 9.80 Å². The molecule has 0 spiro atoms. The van der Waals surface area contributed by atoms with Crippen LogP contribution in [0.1, 0.15) is 31.9 Å². The maximum atomic E-state index is 12.3. The van der Waals surface area contributed by atoms with E-state index in [1.165, 1.54) is 5.56 Å². The van der Waals surface area contributed by atoms with Gasteiger partial charge in [0.25, 0.3) is 0 Å². The van der Waals surface area contributed by atoms with Crippen LogP contribution in [0.2, 0.25) is 0 Å². The fraction of sp³-hybridized carbons (Fsp3) is 0.579. The molecule has 2 bridgehead atoms. The predicted octanol–water partition coefficient (Wildman–Crippen LogP) is 2.38. The van der Waals surface area contributed by atoms with Crippen LogP contribution < -0.4 is 0 Å². The Morgan fingerprint density at radius 3 is 2.32 bits per heavy atom. The lowest BCUT2D eigenvalue weighted by Crippen LogP contribution is -2.60. The number of carbonyl (C=O) groups is 1. The highest BCUT2D eigenvalue weighted by Gasteiger charge is 2.38. The lowest BCUT2D eigenvalue weighted by Gasteiger charge is -2.45. The lowest BCUT2D eigenvalue weighted by atomic mass is 10.1. The Kier molecular flexibility index (Phi) is 4.98. The molecule has 1 aromatic carbocycles. The number of morpholine rings is 2. The Bertz CT molecular complexity index is 646. The number of fused-ring (bicyclic) bond motifs is 2.